The molecule has 6 aromatic carbocycles. The Morgan fingerprint density at radius 3 is 1.76 bits per heavy atom. The van der Waals surface area contributed by atoms with Gasteiger partial charge in [-0.3, -0.25) is 4.98 Å². The summed E-state index contributed by atoms with van der Waals surface area (Å²) in [6, 6.07) is 50.9. The van der Waals surface area contributed by atoms with Gasteiger partial charge in [-0.15, -0.1) is 0 Å². The summed E-state index contributed by atoms with van der Waals surface area (Å²) in [6.45, 7) is 0. The maximum atomic E-state index is 6.15. The van der Waals surface area contributed by atoms with E-state index in [4.69, 9.17) is 8.83 Å². The molecular formula is C41H26N2O2. The summed E-state index contributed by atoms with van der Waals surface area (Å²) in [6.07, 6.45) is 3.62. The molecule has 0 saturated carbocycles. The largest absolute Gasteiger partial charge is 0.456 e. The van der Waals surface area contributed by atoms with Gasteiger partial charge in [0.15, 0.2) is 0 Å². The highest BCUT2D eigenvalue weighted by molar-refractivity contribution is 6.07. The third-order valence-corrected chi connectivity index (χ3v) is 8.58. The SMILES string of the molecule is c1ccc(-c2ccc(N(c3ccc(-c4ccc5c(c4)oc4ccncc45)cc3)c3ccc4oc5ccccc5c4c3)cc2)cc1. The second-order valence-corrected chi connectivity index (χ2v) is 11.3. The van der Waals surface area contributed by atoms with Gasteiger partial charge in [-0.25, -0.2) is 0 Å². The van der Waals surface area contributed by atoms with Crippen molar-refractivity contribution >= 4 is 60.9 Å². The molecule has 0 aliphatic carbocycles. The normalized spacial score (nSPS) is 11.6. The van der Waals surface area contributed by atoms with Crippen molar-refractivity contribution in [3.8, 4) is 22.3 Å². The van der Waals surface area contributed by atoms with Crippen LogP contribution in [0.25, 0.3) is 66.1 Å². The predicted molar refractivity (Wildman–Crippen MR) is 184 cm³/mol. The minimum absolute atomic E-state index is 0.851. The molecule has 0 amide bonds. The van der Waals surface area contributed by atoms with Gasteiger partial charge in [0.05, 0.1) is 0 Å². The van der Waals surface area contributed by atoms with Crippen LogP contribution in [0.3, 0.4) is 0 Å². The highest BCUT2D eigenvalue weighted by Gasteiger charge is 2.16. The summed E-state index contributed by atoms with van der Waals surface area (Å²) < 4.78 is 12.3. The zero-order valence-corrected chi connectivity index (χ0v) is 24.2. The van der Waals surface area contributed by atoms with E-state index in [1.165, 1.54) is 11.1 Å². The number of nitrogens with zero attached hydrogens (tertiary/aromatic N) is 2. The third-order valence-electron chi connectivity index (χ3n) is 8.58. The smallest absolute Gasteiger partial charge is 0.138 e. The van der Waals surface area contributed by atoms with Gasteiger partial charge in [0, 0.05) is 51.0 Å². The van der Waals surface area contributed by atoms with E-state index in [2.05, 4.69) is 131 Å². The van der Waals surface area contributed by atoms with Gasteiger partial charge in [0.2, 0.25) is 0 Å². The molecular weight excluding hydrogens is 552 g/mol. The Labute approximate surface area is 259 Å². The summed E-state index contributed by atoms with van der Waals surface area (Å²) in [5.74, 6) is 0. The molecule has 0 aliphatic heterocycles. The van der Waals surface area contributed by atoms with Gasteiger partial charge >= 0.3 is 0 Å². The lowest BCUT2D eigenvalue weighted by molar-refractivity contribution is 0.668. The van der Waals surface area contributed by atoms with Crippen LogP contribution in [0.2, 0.25) is 0 Å². The van der Waals surface area contributed by atoms with Crippen LogP contribution in [-0.2, 0) is 0 Å². The molecule has 9 rings (SSSR count). The van der Waals surface area contributed by atoms with Crippen molar-refractivity contribution in [3.63, 3.8) is 0 Å². The third kappa shape index (κ3) is 4.35. The summed E-state index contributed by atoms with van der Waals surface area (Å²) >= 11 is 0. The number of furan rings is 2. The van der Waals surface area contributed by atoms with E-state index >= 15 is 0 Å². The highest BCUT2D eigenvalue weighted by atomic mass is 16.3. The quantitative estimate of drug-likeness (QED) is 0.204. The van der Waals surface area contributed by atoms with Crippen molar-refractivity contribution in [2.45, 2.75) is 0 Å². The minimum Gasteiger partial charge on any atom is -0.456 e. The summed E-state index contributed by atoms with van der Waals surface area (Å²) in [7, 11) is 0. The first-order chi connectivity index (χ1) is 22.3. The Hall–Kier alpha value is -6.13. The van der Waals surface area contributed by atoms with E-state index in [1.807, 2.05) is 30.5 Å². The van der Waals surface area contributed by atoms with Crippen LogP contribution in [-0.4, -0.2) is 4.98 Å². The average Bonchev–Trinajstić information content (AvgIpc) is 3.67. The molecule has 4 heteroatoms. The summed E-state index contributed by atoms with van der Waals surface area (Å²) in [4.78, 5) is 6.57. The van der Waals surface area contributed by atoms with Crippen molar-refractivity contribution < 1.29 is 8.83 Å². The van der Waals surface area contributed by atoms with Gasteiger partial charge < -0.3 is 13.7 Å². The van der Waals surface area contributed by atoms with E-state index in [0.29, 0.717) is 0 Å². The topological polar surface area (TPSA) is 42.4 Å². The number of pyridine rings is 1. The fourth-order valence-corrected chi connectivity index (χ4v) is 6.34. The number of rotatable bonds is 5. The van der Waals surface area contributed by atoms with Crippen LogP contribution < -0.4 is 4.90 Å². The molecule has 45 heavy (non-hydrogen) atoms. The molecule has 0 aliphatic rings. The van der Waals surface area contributed by atoms with Gasteiger partial charge in [-0.2, -0.15) is 0 Å². The average molecular weight is 579 g/mol. The molecule has 0 bridgehead atoms. The Kier molecular flexibility index (Phi) is 5.78. The Morgan fingerprint density at radius 1 is 0.378 bits per heavy atom. The van der Waals surface area contributed by atoms with Crippen molar-refractivity contribution in [2.75, 3.05) is 4.90 Å². The molecule has 3 heterocycles. The van der Waals surface area contributed by atoms with Crippen LogP contribution >= 0.6 is 0 Å². The second-order valence-electron chi connectivity index (χ2n) is 11.3. The monoisotopic (exact) mass is 578 g/mol. The number of aromatic nitrogens is 1. The molecule has 0 N–H and O–H groups in total. The molecule has 0 fully saturated rings. The first kappa shape index (κ1) is 25.4. The van der Waals surface area contributed by atoms with Gasteiger partial charge in [-0.1, -0.05) is 78.9 Å². The molecule has 0 unspecified atom stereocenters. The number of hydrogen-bond donors (Lipinski definition) is 0. The van der Waals surface area contributed by atoms with E-state index in [9.17, 15) is 0 Å². The van der Waals surface area contributed by atoms with Crippen LogP contribution in [0.15, 0.2) is 167 Å². The molecule has 0 spiro atoms. The van der Waals surface area contributed by atoms with Crippen molar-refractivity contribution in [2.24, 2.45) is 0 Å². The van der Waals surface area contributed by atoms with E-state index < -0.39 is 0 Å². The van der Waals surface area contributed by atoms with Crippen LogP contribution in [0.4, 0.5) is 17.1 Å². The summed E-state index contributed by atoms with van der Waals surface area (Å²) in [5, 5.41) is 4.32. The highest BCUT2D eigenvalue weighted by Crippen LogP contribution is 2.40. The molecule has 3 aromatic heterocycles. The first-order valence-electron chi connectivity index (χ1n) is 15.0. The van der Waals surface area contributed by atoms with E-state index in [0.717, 1.165) is 72.1 Å². The molecule has 9 aromatic rings. The fraction of sp³-hybridized carbons (Fsp3) is 0. The molecule has 0 atom stereocenters. The lowest BCUT2D eigenvalue weighted by atomic mass is 10.0. The maximum absolute atomic E-state index is 6.15. The zero-order chi connectivity index (χ0) is 29.7. The van der Waals surface area contributed by atoms with Crippen molar-refractivity contribution in [3.05, 3.63) is 158 Å². The fourth-order valence-electron chi connectivity index (χ4n) is 6.34. The van der Waals surface area contributed by atoms with Crippen LogP contribution in [0, 0.1) is 0 Å². The van der Waals surface area contributed by atoms with E-state index in [-0.39, 0.29) is 0 Å². The zero-order valence-electron chi connectivity index (χ0n) is 24.2. The number of para-hydroxylation sites is 1. The summed E-state index contributed by atoms with van der Waals surface area (Å²) in [5.41, 5.74) is 11.3. The number of anilines is 3. The number of benzene rings is 6. The Morgan fingerprint density at radius 2 is 0.956 bits per heavy atom. The lowest BCUT2D eigenvalue weighted by Crippen LogP contribution is -2.09. The van der Waals surface area contributed by atoms with Crippen LogP contribution in [0.1, 0.15) is 0 Å². The van der Waals surface area contributed by atoms with Crippen molar-refractivity contribution in [1.82, 2.24) is 4.98 Å². The standard InChI is InChI=1S/C41H26N2O2/c1-2-6-27(7-3-1)28-10-15-31(16-11-28)43(33-19-21-39-36(25-33)34-8-4-5-9-38(34)44-39)32-17-12-29(13-18-32)30-14-20-35-37-26-42-23-22-40(37)45-41(35)24-30/h1-26H. The number of hydrogen-bond acceptors (Lipinski definition) is 4. The van der Waals surface area contributed by atoms with Crippen LogP contribution in [0.5, 0.6) is 0 Å². The van der Waals surface area contributed by atoms with E-state index in [1.54, 1.807) is 6.20 Å². The molecule has 0 radical (unpaired) electrons. The lowest BCUT2D eigenvalue weighted by Gasteiger charge is -2.26. The van der Waals surface area contributed by atoms with Gasteiger partial charge in [-0.05, 0) is 89.0 Å². The van der Waals surface area contributed by atoms with Gasteiger partial charge in [0.25, 0.3) is 0 Å². The predicted octanol–water partition coefficient (Wildman–Crippen LogP) is 11.7. The maximum Gasteiger partial charge on any atom is 0.138 e. The Bertz CT molecular complexity index is 2470. The van der Waals surface area contributed by atoms with Gasteiger partial charge in [0.1, 0.15) is 22.3 Å². The molecule has 212 valence electrons. The molecule has 0 saturated heterocycles. The molecule has 4 nitrogen and oxygen atoms in total. The minimum atomic E-state index is 0.851. The number of fused-ring (bicyclic) bond motifs is 6. The van der Waals surface area contributed by atoms with Crippen molar-refractivity contribution in [1.29, 1.82) is 0 Å². The second kappa shape index (κ2) is 10.2. The first-order valence-corrected chi connectivity index (χ1v) is 15.0. The Balaban J connectivity index is 1.14.